The van der Waals surface area contributed by atoms with Crippen molar-refractivity contribution in [1.82, 2.24) is 14.9 Å². The summed E-state index contributed by atoms with van der Waals surface area (Å²) in [6.07, 6.45) is 0.788. The van der Waals surface area contributed by atoms with E-state index in [9.17, 15) is 24.3 Å². The van der Waals surface area contributed by atoms with Gasteiger partial charge in [0.05, 0.1) is 10.9 Å². The second kappa shape index (κ2) is 6.69. The summed E-state index contributed by atoms with van der Waals surface area (Å²) < 4.78 is 0.756. The van der Waals surface area contributed by atoms with Crippen LogP contribution in [0.15, 0.2) is 33.9 Å². The van der Waals surface area contributed by atoms with E-state index < -0.39 is 35.2 Å². The maximum Gasteiger partial charge on any atom is 0.329 e. The Morgan fingerprint density at radius 3 is 2.58 bits per heavy atom. The van der Waals surface area contributed by atoms with Crippen molar-refractivity contribution < 1.29 is 14.7 Å². The summed E-state index contributed by atoms with van der Waals surface area (Å²) in [7, 11) is 0. The lowest BCUT2D eigenvalue weighted by atomic mass is 9.96. The molecular weight excluding hydrogens is 314 g/mol. The van der Waals surface area contributed by atoms with Gasteiger partial charge in [0, 0.05) is 0 Å². The number of carbonyl (C=O) groups excluding carboxylic acids is 1. The number of nitrogens with one attached hydrogen (secondary N) is 2. The van der Waals surface area contributed by atoms with Crippen LogP contribution in [0.5, 0.6) is 0 Å². The lowest BCUT2D eigenvalue weighted by Gasteiger charge is -2.25. The molecule has 0 saturated heterocycles. The summed E-state index contributed by atoms with van der Waals surface area (Å²) >= 11 is 0. The van der Waals surface area contributed by atoms with Crippen molar-refractivity contribution in [3.8, 4) is 0 Å². The molecule has 128 valence electrons. The molecule has 1 aromatic carbocycles. The van der Waals surface area contributed by atoms with E-state index in [0.29, 0.717) is 11.9 Å². The summed E-state index contributed by atoms with van der Waals surface area (Å²) in [6, 6.07) is 6.46. The molecule has 0 aliphatic carbocycles. The van der Waals surface area contributed by atoms with Crippen LogP contribution < -0.4 is 16.6 Å². The highest BCUT2D eigenvalue weighted by atomic mass is 16.4. The SMILES string of the molecule is CCCC(C)(NC(=O)Cn1c(=O)[nH]c2ccccc2c1=O)C(=O)O. The third-order valence-corrected chi connectivity index (χ3v) is 3.83. The highest BCUT2D eigenvalue weighted by molar-refractivity contribution is 5.86. The van der Waals surface area contributed by atoms with Gasteiger partial charge in [-0.15, -0.1) is 0 Å². The van der Waals surface area contributed by atoms with E-state index in [1.807, 2.05) is 0 Å². The molecule has 0 aliphatic heterocycles. The van der Waals surface area contributed by atoms with Gasteiger partial charge in [-0.2, -0.15) is 0 Å². The Bertz CT molecular complexity index is 898. The normalized spacial score (nSPS) is 13.4. The first kappa shape index (κ1) is 17.5. The standard InChI is InChI=1S/C16H19N3O5/c1-3-8-16(2,14(22)23)18-12(20)9-19-13(21)10-6-4-5-7-11(10)17-15(19)24/h4-7H,3,8-9H2,1-2H3,(H,17,24)(H,18,20)(H,22,23). The first-order chi connectivity index (χ1) is 11.3. The van der Waals surface area contributed by atoms with Crippen LogP contribution in [0.25, 0.3) is 10.9 Å². The highest BCUT2D eigenvalue weighted by Crippen LogP contribution is 2.12. The molecule has 1 atom stereocenters. The maximum absolute atomic E-state index is 12.4. The fourth-order valence-corrected chi connectivity index (χ4v) is 2.56. The third-order valence-electron chi connectivity index (χ3n) is 3.83. The Hall–Kier alpha value is -2.90. The topological polar surface area (TPSA) is 121 Å². The van der Waals surface area contributed by atoms with Gasteiger partial charge >= 0.3 is 11.7 Å². The number of fused-ring (bicyclic) bond motifs is 1. The van der Waals surface area contributed by atoms with E-state index in [0.717, 1.165) is 4.57 Å². The molecule has 24 heavy (non-hydrogen) atoms. The molecule has 3 N–H and O–H groups in total. The van der Waals surface area contributed by atoms with Gasteiger partial charge in [-0.3, -0.25) is 14.2 Å². The van der Waals surface area contributed by atoms with E-state index in [4.69, 9.17) is 0 Å². The van der Waals surface area contributed by atoms with Crippen LogP contribution in [0.3, 0.4) is 0 Å². The van der Waals surface area contributed by atoms with Gasteiger partial charge in [-0.1, -0.05) is 25.5 Å². The first-order valence-electron chi connectivity index (χ1n) is 7.55. The average molecular weight is 333 g/mol. The van der Waals surface area contributed by atoms with Crippen molar-refractivity contribution in [2.45, 2.75) is 38.8 Å². The number of nitrogens with zero attached hydrogens (tertiary/aromatic N) is 1. The number of amides is 1. The van der Waals surface area contributed by atoms with Crippen molar-refractivity contribution >= 4 is 22.8 Å². The number of rotatable bonds is 6. The van der Waals surface area contributed by atoms with E-state index >= 15 is 0 Å². The van der Waals surface area contributed by atoms with Gasteiger partial charge in [-0.25, -0.2) is 9.59 Å². The Morgan fingerprint density at radius 1 is 1.29 bits per heavy atom. The zero-order chi connectivity index (χ0) is 17.9. The van der Waals surface area contributed by atoms with Crippen LogP contribution in [0, 0.1) is 0 Å². The number of aliphatic carboxylic acids is 1. The fourth-order valence-electron chi connectivity index (χ4n) is 2.56. The first-order valence-corrected chi connectivity index (χ1v) is 7.55. The molecule has 0 saturated carbocycles. The minimum Gasteiger partial charge on any atom is -0.480 e. The van der Waals surface area contributed by atoms with Crippen LogP contribution in [0.4, 0.5) is 0 Å². The molecule has 1 amide bonds. The molecule has 2 rings (SSSR count). The second-order valence-corrected chi connectivity index (χ2v) is 5.80. The number of para-hydroxylation sites is 1. The minimum absolute atomic E-state index is 0.233. The molecule has 8 nitrogen and oxygen atoms in total. The number of carbonyl (C=O) groups is 2. The molecule has 1 heterocycles. The fraction of sp³-hybridized carbons (Fsp3) is 0.375. The van der Waals surface area contributed by atoms with Gasteiger partial charge in [0.2, 0.25) is 5.91 Å². The number of H-pyrrole nitrogens is 1. The molecular formula is C16H19N3O5. The molecule has 0 bridgehead atoms. The van der Waals surface area contributed by atoms with E-state index in [1.54, 1.807) is 31.2 Å². The Labute approximate surface area is 137 Å². The van der Waals surface area contributed by atoms with Crippen molar-refractivity contribution in [2.24, 2.45) is 0 Å². The van der Waals surface area contributed by atoms with Crippen LogP contribution >= 0.6 is 0 Å². The van der Waals surface area contributed by atoms with Crippen molar-refractivity contribution in [2.75, 3.05) is 0 Å². The Morgan fingerprint density at radius 2 is 1.96 bits per heavy atom. The number of benzene rings is 1. The monoisotopic (exact) mass is 333 g/mol. The third kappa shape index (κ3) is 3.37. The van der Waals surface area contributed by atoms with Crippen molar-refractivity contribution in [3.05, 3.63) is 45.1 Å². The van der Waals surface area contributed by atoms with Crippen LogP contribution in [-0.4, -0.2) is 32.1 Å². The van der Waals surface area contributed by atoms with Gasteiger partial charge in [-0.05, 0) is 25.5 Å². The minimum atomic E-state index is -1.45. The lowest BCUT2D eigenvalue weighted by molar-refractivity contribution is -0.147. The summed E-state index contributed by atoms with van der Waals surface area (Å²) in [5, 5.41) is 11.9. The predicted octanol–water partition coefficient (Wildman–Crippen LogP) is 0.449. The molecule has 0 aliphatic rings. The quantitative estimate of drug-likeness (QED) is 0.708. The van der Waals surface area contributed by atoms with E-state index in [2.05, 4.69) is 10.3 Å². The molecule has 0 radical (unpaired) electrons. The van der Waals surface area contributed by atoms with E-state index in [1.165, 1.54) is 6.92 Å². The zero-order valence-electron chi connectivity index (χ0n) is 13.5. The average Bonchev–Trinajstić information content (AvgIpc) is 2.51. The summed E-state index contributed by atoms with van der Waals surface area (Å²) in [5.41, 5.74) is -2.39. The number of aromatic amines is 1. The molecule has 2 aromatic rings. The number of carboxylic acid groups (broad SMARTS) is 1. The summed E-state index contributed by atoms with van der Waals surface area (Å²) in [4.78, 5) is 50.4. The summed E-state index contributed by atoms with van der Waals surface area (Å²) in [5.74, 6) is -1.88. The second-order valence-electron chi connectivity index (χ2n) is 5.80. The smallest absolute Gasteiger partial charge is 0.329 e. The van der Waals surface area contributed by atoms with Gasteiger partial charge < -0.3 is 15.4 Å². The van der Waals surface area contributed by atoms with Gasteiger partial charge in [0.25, 0.3) is 5.56 Å². The largest absolute Gasteiger partial charge is 0.480 e. The Kier molecular flexibility index (Phi) is 4.87. The molecule has 0 fully saturated rings. The number of hydrogen-bond acceptors (Lipinski definition) is 4. The van der Waals surface area contributed by atoms with Crippen LogP contribution in [0.2, 0.25) is 0 Å². The molecule has 8 heteroatoms. The lowest BCUT2D eigenvalue weighted by Crippen LogP contribution is -2.54. The maximum atomic E-state index is 12.4. The van der Waals surface area contributed by atoms with Gasteiger partial charge in [0.1, 0.15) is 12.1 Å². The van der Waals surface area contributed by atoms with Crippen LogP contribution in [-0.2, 0) is 16.1 Å². The highest BCUT2D eigenvalue weighted by Gasteiger charge is 2.33. The molecule has 0 spiro atoms. The predicted molar refractivity (Wildman–Crippen MR) is 87.9 cm³/mol. The molecule has 1 unspecified atom stereocenters. The number of aromatic nitrogens is 2. The summed E-state index contributed by atoms with van der Waals surface area (Å²) in [6.45, 7) is 2.64. The van der Waals surface area contributed by atoms with Gasteiger partial charge in [0.15, 0.2) is 0 Å². The van der Waals surface area contributed by atoms with Crippen molar-refractivity contribution in [1.29, 1.82) is 0 Å². The number of hydrogen-bond donors (Lipinski definition) is 3. The van der Waals surface area contributed by atoms with Crippen LogP contribution in [0.1, 0.15) is 26.7 Å². The molecule has 1 aromatic heterocycles. The van der Waals surface area contributed by atoms with E-state index in [-0.39, 0.29) is 11.8 Å². The number of carboxylic acids is 1. The Balaban J connectivity index is 2.33. The van der Waals surface area contributed by atoms with Crippen molar-refractivity contribution in [3.63, 3.8) is 0 Å². The zero-order valence-corrected chi connectivity index (χ0v) is 13.5.